The Morgan fingerprint density at radius 2 is 1.89 bits per heavy atom. The van der Waals surface area contributed by atoms with E-state index in [-0.39, 0.29) is 5.75 Å². The molecule has 3 heteroatoms. The zero-order chi connectivity index (χ0) is 13.8. The Kier molecular flexibility index (Phi) is 3.95. The second-order valence-electron chi connectivity index (χ2n) is 4.66. The minimum atomic E-state index is 0.213. The summed E-state index contributed by atoms with van der Waals surface area (Å²) >= 11 is 0. The Morgan fingerprint density at radius 1 is 1.16 bits per heavy atom. The SMILES string of the molecule is COc1cccc(CN(C)c2cccc(C)c2)c1O. The van der Waals surface area contributed by atoms with Gasteiger partial charge in [0, 0.05) is 24.8 Å². The van der Waals surface area contributed by atoms with Gasteiger partial charge in [0.05, 0.1) is 7.11 Å². The molecule has 1 N–H and O–H groups in total. The van der Waals surface area contributed by atoms with Crippen molar-refractivity contribution in [2.75, 3.05) is 19.1 Å². The number of aromatic hydroxyl groups is 1. The summed E-state index contributed by atoms with van der Waals surface area (Å²) < 4.78 is 5.12. The van der Waals surface area contributed by atoms with E-state index in [1.54, 1.807) is 13.2 Å². The number of aryl methyl sites for hydroxylation is 1. The van der Waals surface area contributed by atoms with Crippen LogP contribution < -0.4 is 9.64 Å². The number of para-hydroxylation sites is 1. The van der Waals surface area contributed by atoms with Crippen LogP contribution in [0.5, 0.6) is 11.5 Å². The molecule has 2 aromatic carbocycles. The van der Waals surface area contributed by atoms with Crippen molar-refractivity contribution >= 4 is 5.69 Å². The van der Waals surface area contributed by atoms with Crippen LogP contribution in [0.2, 0.25) is 0 Å². The number of anilines is 1. The zero-order valence-electron chi connectivity index (χ0n) is 11.6. The molecular formula is C16H19NO2. The van der Waals surface area contributed by atoms with Crippen LogP contribution in [-0.2, 0) is 6.54 Å². The molecule has 0 aliphatic heterocycles. The van der Waals surface area contributed by atoms with E-state index in [0.29, 0.717) is 12.3 Å². The van der Waals surface area contributed by atoms with E-state index in [2.05, 4.69) is 30.0 Å². The van der Waals surface area contributed by atoms with Gasteiger partial charge in [0.1, 0.15) is 0 Å². The lowest BCUT2D eigenvalue weighted by atomic mass is 10.1. The Hall–Kier alpha value is -2.16. The summed E-state index contributed by atoms with van der Waals surface area (Å²) in [6, 6.07) is 13.8. The molecule has 0 spiro atoms. The number of hydrogen-bond donors (Lipinski definition) is 1. The molecule has 0 radical (unpaired) electrons. The highest BCUT2D eigenvalue weighted by molar-refractivity contribution is 5.51. The minimum Gasteiger partial charge on any atom is -0.504 e. The van der Waals surface area contributed by atoms with Crippen molar-refractivity contribution < 1.29 is 9.84 Å². The monoisotopic (exact) mass is 257 g/mol. The number of ether oxygens (including phenoxy) is 1. The quantitative estimate of drug-likeness (QED) is 0.911. The van der Waals surface area contributed by atoms with Crippen LogP contribution >= 0.6 is 0 Å². The molecule has 0 fully saturated rings. The smallest absolute Gasteiger partial charge is 0.162 e. The first kappa shape index (κ1) is 13.3. The van der Waals surface area contributed by atoms with Gasteiger partial charge in [0.2, 0.25) is 0 Å². The van der Waals surface area contributed by atoms with Gasteiger partial charge in [-0.05, 0) is 30.7 Å². The van der Waals surface area contributed by atoms with Crippen molar-refractivity contribution in [3.8, 4) is 11.5 Å². The van der Waals surface area contributed by atoms with Crippen molar-refractivity contribution in [2.24, 2.45) is 0 Å². The summed E-state index contributed by atoms with van der Waals surface area (Å²) in [6.45, 7) is 2.70. The normalized spacial score (nSPS) is 10.3. The first-order valence-electron chi connectivity index (χ1n) is 6.24. The van der Waals surface area contributed by atoms with Crippen molar-refractivity contribution in [3.05, 3.63) is 53.6 Å². The van der Waals surface area contributed by atoms with E-state index in [4.69, 9.17) is 4.74 Å². The lowest BCUT2D eigenvalue weighted by molar-refractivity contribution is 0.370. The van der Waals surface area contributed by atoms with Crippen LogP contribution in [0, 0.1) is 6.92 Å². The van der Waals surface area contributed by atoms with Gasteiger partial charge in [-0.1, -0.05) is 24.3 Å². The molecule has 0 saturated heterocycles. The summed E-state index contributed by atoms with van der Waals surface area (Å²) in [4.78, 5) is 2.10. The number of phenolic OH excluding ortho intramolecular Hbond substituents is 1. The molecule has 100 valence electrons. The summed E-state index contributed by atoms with van der Waals surface area (Å²) in [7, 11) is 3.57. The predicted octanol–water partition coefficient (Wildman–Crippen LogP) is 3.35. The summed E-state index contributed by atoms with van der Waals surface area (Å²) in [5.74, 6) is 0.722. The number of methoxy groups -OCH3 is 1. The molecule has 0 heterocycles. The largest absolute Gasteiger partial charge is 0.504 e. The second-order valence-corrected chi connectivity index (χ2v) is 4.66. The van der Waals surface area contributed by atoms with Crippen LogP contribution in [0.25, 0.3) is 0 Å². The third kappa shape index (κ3) is 2.99. The van der Waals surface area contributed by atoms with E-state index in [1.165, 1.54) is 5.56 Å². The molecule has 0 atom stereocenters. The molecule has 0 saturated carbocycles. The molecule has 0 aliphatic carbocycles. The number of benzene rings is 2. The molecule has 0 unspecified atom stereocenters. The maximum Gasteiger partial charge on any atom is 0.162 e. The molecule has 2 aromatic rings. The zero-order valence-corrected chi connectivity index (χ0v) is 11.6. The fraction of sp³-hybridized carbons (Fsp3) is 0.250. The molecular weight excluding hydrogens is 238 g/mol. The standard InChI is InChI=1S/C16H19NO2/c1-12-6-4-8-14(10-12)17(2)11-13-7-5-9-15(19-3)16(13)18/h4-10,18H,11H2,1-3H3. The molecule has 0 bridgehead atoms. The first-order chi connectivity index (χ1) is 9.11. The van der Waals surface area contributed by atoms with E-state index in [1.807, 2.05) is 25.2 Å². The first-order valence-corrected chi connectivity index (χ1v) is 6.24. The minimum absolute atomic E-state index is 0.213. The van der Waals surface area contributed by atoms with Crippen LogP contribution in [0.1, 0.15) is 11.1 Å². The van der Waals surface area contributed by atoms with Crippen LogP contribution in [-0.4, -0.2) is 19.3 Å². The lowest BCUT2D eigenvalue weighted by Crippen LogP contribution is -2.16. The van der Waals surface area contributed by atoms with Gasteiger partial charge in [0.25, 0.3) is 0 Å². The van der Waals surface area contributed by atoms with Crippen LogP contribution in [0.15, 0.2) is 42.5 Å². The summed E-state index contributed by atoms with van der Waals surface area (Å²) in [5, 5.41) is 10.1. The molecule has 2 rings (SSSR count). The fourth-order valence-electron chi connectivity index (χ4n) is 2.07. The Morgan fingerprint density at radius 3 is 2.58 bits per heavy atom. The molecule has 0 aromatic heterocycles. The van der Waals surface area contributed by atoms with Crippen LogP contribution in [0.4, 0.5) is 5.69 Å². The summed E-state index contributed by atoms with van der Waals surface area (Å²) in [5.41, 5.74) is 3.20. The second kappa shape index (κ2) is 5.65. The van der Waals surface area contributed by atoms with Gasteiger partial charge >= 0.3 is 0 Å². The lowest BCUT2D eigenvalue weighted by Gasteiger charge is -2.21. The van der Waals surface area contributed by atoms with Gasteiger partial charge in [-0.3, -0.25) is 0 Å². The van der Waals surface area contributed by atoms with Gasteiger partial charge in [-0.25, -0.2) is 0 Å². The maximum absolute atomic E-state index is 10.1. The highest BCUT2D eigenvalue weighted by Gasteiger charge is 2.10. The molecule has 3 nitrogen and oxygen atoms in total. The number of nitrogens with zero attached hydrogens (tertiary/aromatic N) is 1. The predicted molar refractivity (Wildman–Crippen MR) is 77.9 cm³/mol. The van der Waals surface area contributed by atoms with Gasteiger partial charge in [-0.15, -0.1) is 0 Å². The van der Waals surface area contributed by atoms with E-state index >= 15 is 0 Å². The van der Waals surface area contributed by atoms with E-state index < -0.39 is 0 Å². The van der Waals surface area contributed by atoms with Crippen molar-refractivity contribution in [3.63, 3.8) is 0 Å². The van der Waals surface area contributed by atoms with Gasteiger partial charge in [-0.2, -0.15) is 0 Å². The Labute approximate surface area is 114 Å². The molecule has 0 amide bonds. The third-order valence-corrected chi connectivity index (χ3v) is 3.15. The average Bonchev–Trinajstić information content (AvgIpc) is 2.41. The van der Waals surface area contributed by atoms with Crippen molar-refractivity contribution in [1.82, 2.24) is 0 Å². The molecule has 0 aliphatic rings. The number of rotatable bonds is 4. The topological polar surface area (TPSA) is 32.7 Å². The van der Waals surface area contributed by atoms with Gasteiger partial charge in [0.15, 0.2) is 11.5 Å². The highest BCUT2D eigenvalue weighted by Crippen LogP contribution is 2.30. The number of hydrogen-bond acceptors (Lipinski definition) is 3. The highest BCUT2D eigenvalue weighted by atomic mass is 16.5. The van der Waals surface area contributed by atoms with Crippen LogP contribution in [0.3, 0.4) is 0 Å². The Bertz CT molecular complexity index is 566. The number of phenols is 1. The average molecular weight is 257 g/mol. The van der Waals surface area contributed by atoms with E-state index in [9.17, 15) is 5.11 Å². The Balaban J connectivity index is 2.21. The van der Waals surface area contributed by atoms with Crippen molar-refractivity contribution in [2.45, 2.75) is 13.5 Å². The maximum atomic E-state index is 10.1. The van der Waals surface area contributed by atoms with Crippen molar-refractivity contribution in [1.29, 1.82) is 0 Å². The van der Waals surface area contributed by atoms with Gasteiger partial charge < -0.3 is 14.7 Å². The molecule has 19 heavy (non-hydrogen) atoms. The van der Waals surface area contributed by atoms with E-state index in [0.717, 1.165) is 11.3 Å². The third-order valence-electron chi connectivity index (χ3n) is 3.15. The summed E-state index contributed by atoms with van der Waals surface area (Å²) in [6.07, 6.45) is 0. The fourth-order valence-corrected chi connectivity index (χ4v) is 2.07.